The molecule has 5 rings (SSSR count). The topological polar surface area (TPSA) is 84.5 Å². The van der Waals surface area contributed by atoms with Crippen LogP contribution in [0.1, 0.15) is 28.8 Å². The molecule has 0 unspecified atom stereocenters. The number of benzene rings is 2. The minimum Gasteiger partial charge on any atom is -0.462 e. The van der Waals surface area contributed by atoms with Gasteiger partial charge in [-0.1, -0.05) is 30.3 Å². The van der Waals surface area contributed by atoms with Gasteiger partial charge in [0, 0.05) is 23.7 Å². The van der Waals surface area contributed by atoms with Crippen molar-refractivity contribution in [2.45, 2.75) is 25.5 Å². The lowest BCUT2D eigenvalue weighted by Crippen LogP contribution is -2.35. The number of rotatable bonds is 5. The molecule has 2 bridgehead atoms. The highest BCUT2D eigenvalue weighted by molar-refractivity contribution is 5.98. The van der Waals surface area contributed by atoms with Crippen LogP contribution in [0.5, 0.6) is 0 Å². The molecule has 0 radical (unpaired) electrons. The van der Waals surface area contributed by atoms with Crippen molar-refractivity contribution >= 4 is 23.5 Å². The van der Waals surface area contributed by atoms with E-state index >= 15 is 0 Å². The maximum atomic E-state index is 12.8. The zero-order valence-corrected chi connectivity index (χ0v) is 15.8. The Bertz CT molecular complexity index is 955. The molecule has 148 valence electrons. The molecule has 2 aromatic rings. The molecule has 5 atom stereocenters. The Morgan fingerprint density at radius 3 is 2.52 bits per heavy atom. The van der Waals surface area contributed by atoms with Gasteiger partial charge in [0.1, 0.15) is 6.10 Å². The lowest BCUT2D eigenvalue weighted by atomic mass is 9.79. The number of fused-ring (bicyclic) bond motifs is 1. The number of hydrogen-bond donors (Lipinski definition) is 2. The Kier molecular flexibility index (Phi) is 4.34. The Hall–Kier alpha value is -3.15. The van der Waals surface area contributed by atoms with Crippen LogP contribution in [0.25, 0.3) is 0 Å². The monoisotopic (exact) mass is 390 g/mol. The quantitative estimate of drug-likeness (QED) is 0.769. The van der Waals surface area contributed by atoms with E-state index in [0.717, 1.165) is 18.4 Å². The number of esters is 1. The van der Waals surface area contributed by atoms with Gasteiger partial charge in [-0.2, -0.15) is 0 Å². The summed E-state index contributed by atoms with van der Waals surface area (Å²) in [6, 6.07) is 16.5. The third-order valence-corrected chi connectivity index (χ3v) is 6.50. The van der Waals surface area contributed by atoms with Crippen molar-refractivity contribution in [2.24, 2.45) is 23.7 Å². The summed E-state index contributed by atoms with van der Waals surface area (Å²) in [7, 11) is 0. The molecule has 29 heavy (non-hydrogen) atoms. The molecule has 0 aromatic heterocycles. The summed E-state index contributed by atoms with van der Waals surface area (Å²) in [6.45, 7) is 0.459. The first kappa shape index (κ1) is 17.9. The molecule has 1 heterocycles. The Morgan fingerprint density at radius 2 is 1.76 bits per heavy atom. The van der Waals surface area contributed by atoms with E-state index in [4.69, 9.17) is 4.74 Å². The molecule has 2 amide bonds. The summed E-state index contributed by atoms with van der Waals surface area (Å²) in [6.07, 6.45) is 1.72. The van der Waals surface area contributed by atoms with Crippen LogP contribution in [-0.4, -0.2) is 23.9 Å². The van der Waals surface area contributed by atoms with E-state index in [1.165, 1.54) is 0 Å². The molecular weight excluding hydrogens is 368 g/mol. The summed E-state index contributed by atoms with van der Waals surface area (Å²) in [5, 5.41) is 5.80. The van der Waals surface area contributed by atoms with Gasteiger partial charge in [0.05, 0.1) is 11.8 Å². The first-order valence-electron chi connectivity index (χ1n) is 10.0. The molecule has 2 aromatic carbocycles. The molecule has 6 nitrogen and oxygen atoms in total. The second-order valence-electron chi connectivity index (χ2n) is 8.16. The van der Waals surface area contributed by atoms with Crippen molar-refractivity contribution in [2.75, 3.05) is 5.32 Å². The number of anilines is 1. The van der Waals surface area contributed by atoms with Crippen LogP contribution in [0.15, 0.2) is 54.6 Å². The van der Waals surface area contributed by atoms with Gasteiger partial charge in [-0.3, -0.25) is 14.4 Å². The number of carbonyl (C=O) groups excluding carboxylic acids is 3. The van der Waals surface area contributed by atoms with Crippen molar-refractivity contribution in [1.82, 2.24) is 5.32 Å². The van der Waals surface area contributed by atoms with Crippen molar-refractivity contribution in [3.63, 3.8) is 0 Å². The Balaban J connectivity index is 1.20. The summed E-state index contributed by atoms with van der Waals surface area (Å²) >= 11 is 0. The fourth-order valence-corrected chi connectivity index (χ4v) is 5.17. The fourth-order valence-electron chi connectivity index (χ4n) is 5.17. The summed E-state index contributed by atoms with van der Waals surface area (Å²) in [5.41, 5.74) is 2.18. The smallest absolute Gasteiger partial charge is 0.310 e. The molecule has 2 saturated carbocycles. The third-order valence-electron chi connectivity index (χ3n) is 6.50. The second-order valence-corrected chi connectivity index (χ2v) is 8.16. The highest BCUT2D eigenvalue weighted by Crippen LogP contribution is 2.57. The maximum Gasteiger partial charge on any atom is 0.310 e. The van der Waals surface area contributed by atoms with Gasteiger partial charge in [0.2, 0.25) is 5.91 Å². The molecule has 2 aliphatic carbocycles. The molecule has 3 aliphatic rings. The molecular formula is C23H22N2O4. The molecule has 6 heteroatoms. The molecule has 1 saturated heterocycles. The minimum absolute atomic E-state index is 0.0234. The number of amides is 2. The lowest BCUT2D eigenvalue weighted by Gasteiger charge is -2.23. The minimum atomic E-state index is -0.305. The predicted octanol–water partition coefficient (Wildman–Crippen LogP) is 2.75. The fraction of sp³-hybridized carbons (Fsp3) is 0.348. The molecule has 2 N–H and O–H groups in total. The van der Waals surface area contributed by atoms with Crippen molar-refractivity contribution < 1.29 is 19.1 Å². The van der Waals surface area contributed by atoms with E-state index in [-0.39, 0.29) is 47.6 Å². The van der Waals surface area contributed by atoms with Crippen molar-refractivity contribution in [3.8, 4) is 0 Å². The van der Waals surface area contributed by atoms with Gasteiger partial charge >= 0.3 is 5.97 Å². The Morgan fingerprint density at radius 1 is 1.00 bits per heavy atom. The standard InChI is InChI=1S/C23H22N2O4/c26-21(24-12-13-4-2-1-3-5-13)14-6-8-16(9-7-14)25-22(27)19-15-10-17-18(11-15)29-23(28)20(17)19/h1-9,15,17-20H,10-12H2,(H,24,26)(H,25,27)/t15-,17+,18+,19-,20-/m1/s1. The van der Waals surface area contributed by atoms with Gasteiger partial charge in [-0.15, -0.1) is 0 Å². The SMILES string of the molecule is O=C(NCc1ccccc1)c1ccc(NC(=O)[C@@H]2[C@@H]3C[C@@H]4[C@H]2C(=O)O[C@H]4C3)cc1. The molecule has 1 aliphatic heterocycles. The average molecular weight is 390 g/mol. The van der Waals surface area contributed by atoms with Crippen LogP contribution < -0.4 is 10.6 Å². The van der Waals surface area contributed by atoms with Crippen LogP contribution in [-0.2, 0) is 20.9 Å². The number of nitrogens with one attached hydrogen (secondary N) is 2. The summed E-state index contributed by atoms with van der Waals surface area (Å²) < 4.78 is 5.40. The van der Waals surface area contributed by atoms with E-state index in [0.29, 0.717) is 17.8 Å². The zero-order valence-electron chi connectivity index (χ0n) is 15.8. The summed E-state index contributed by atoms with van der Waals surface area (Å²) in [5.74, 6) is -0.670. The number of hydrogen-bond acceptors (Lipinski definition) is 4. The van der Waals surface area contributed by atoms with Gasteiger partial charge in [0.15, 0.2) is 0 Å². The number of carbonyl (C=O) groups is 3. The molecule has 0 spiro atoms. The Labute approximate surface area is 168 Å². The summed E-state index contributed by atoms with van der Waals surface area (Å²) in [4.78, 5) is 37.2. The van der Waals surface area contributed by atoms with E-state index in [1.807, 2.05) is 30.3 Å². The van der Waals surface area contributed by atoms with Crippen LogP contribution >= 0.6 is 0 Å². The maximum absolute atomic E-state index is 12.8. The van der Waals surface area contributed by atoms with Crippen LogP contribution in [0.3, 0.4) is 0 Å². The normalized spacial score (nSPS) is 28.8. The van der Waals surface area contributed by atoms with E-state index in [1.54, 1.807) is 24.3 Å². The van der Waals surface area contributed by atoms with E-state index in [9.17, 15) is 14.4 Å². The van der Waals surface area contributed by atoms with Crippen LogP contribution in [0, 0.1) is 23.7 Å². The van der Waals surface area contributed by atoms with Crippen molar-refractivity contribution in [3.05, 3.63) is 65.7 Å². The van der Waals surface area contributed by atoms with Crippen LogP contribution in [0.4, 0.5) is 5.69 Å². The van der Waals surface area contributed by atoms with Gasteiger partial charge in [0.25, 0.3) is 5.91 Å². The first-order valence-corrected chi connectivity index (χ1v) is 10.0. The average Bonchev–Trinajstić information content (AvgIpc) is 3.36. The predicted molar refractivity (Wildman–Crippen MR) is 106 cm³/mol. The second kappa shape index (κ2) is 7.03. The van der Waals surface area contributed by atoms with Gasteiger partial charge < -0.3 is 15.4 Å². The van der Waals surface area contributed by atoms with E-state index in [2.05, 4.69) is 10.6 Å². The molecule has 3 fully saturated rings. The van der Waals surface area contributed by atoms with Gasteiger partial charge in [-0.25, -0.2) is 0 Å². The highest BCUT2D eigenvalue weighted by atomic mass is 16.6. The largest absolute Gasteiger partial charge is 0.462 e. The van der Waals surface area contributed by atoms with Crippen LogP contribution in [0.2, 0.25) is 0 Å². The van der Waals surface area contributed by atoms with E-state index < -0.39 is 0 Å². The van der Waals surface area contributed by atoms with Gasteiger partial charge in [-0.05, 0) is 48.6 Å². The zero-order chi connectivity index (χ0) is 20.0. The number of ether oxygens (including phenoxy) is 1. The highest BCUT2D eigenvalue weighted by Gasteiger charge is 2.63. The first-order chi connectivity index (χ1) is 14.1. The third kappa shape index (κ3) is 3.18. The lowest BCUT2D eigenvalue weighted by molar-refractivity contribution is -0.145. The van der Waals surface area contributed by atoms with Crippen molar-refractivity contribution in [1.29, 1.82) is 0 Å².